The predicted molar refractivity (Wildman–Crippen MR) is 163 cm³/mol. The molecule has 42 heavy (non-hydrogen) atoms. The molecular formula is C33H33ClN4O4. The van der Waals surface area contributed by atoms with E-state index in [1.54, 1.807) is 10.7 Å². The molecule has 216 valence electrons. The molecule has 0 bridgehead atoms. The number of benzene rings is 3. The zero-order chi connectivity index (χ0) is 29.5. The Morgan fingerprint density at radius 1 is 1.00 bits per heavy atom. The first-order valence-electron chi connectivity index (χ1n) is 14.0. The van der Waals surface area contributed by atoms with Gasteiger partial charge in [0.05, 0.1) is 29.6 Å². The van der Waals surface area contributed by atoms with Gasteiger partial charge in [0.15, 0.2) is 11.5 Å². The lowest BCUT2D eigenvalue weighted by Crippen LogP contribution is -2.23. The van der Waals surface area contributed by atoms with Gasteiger partial charge in [0.25, 0.3) is 5.91 Å². The van der Waals surface area contributed by atoms with Gasteiger partial charge in [-0.25, -0.2) is 4.68 Å². The summed E-state index contributed by atoms with van der Waals surface area (Å²) in [5, 5.41) is 12.3. The fraction of sp³-hybridized carbons (Fsp3) is 0.242. The number of rotatable bonds is 12. The van der Waals surface area contributed by atoms with Crippen LogP contribution in [0, 0.1) is 5.92 Å². The first-order valence-corrected chi connectivity index (χ1v) is 14.3. The van der Waals surface area contributed by atoms with E-state index in [9.17, 15) is 4.79 Å². The number of aromatic nitrogens is 3. The molecule has 9 heteroatoms. The predicted octanol–water partition coefficient (Wildman–Crippen LogP) is 7.60. The minimum Gasteiger partial charge on any atom is -0.493 e. The van der Waals surface area contributed by atoms with E-state index in [2.05, 4.69) is 24.3 Å². The van der Waals surface area contributed by atoms with E-state index in [1.165, 1.54) is 0 Å². The molecule has 0 spiro atoms. The van der Waals surface area contributed by atoms with Crippen molar-refractivity contribution in [3.05, 3.63) is 101 Å². The van der Waals surface area contributed by atoms with Crippen LogP contribution in [-0.4, -0.2) is 34.1 Å². The Balaban J connectivity index is 1.33. The summed E-state index contributed by atoms with van der Waals surface area (Å²) in [6.45, 7) is 7.69. The largest absolute Gasteiger partial charge is 0.493 e. The number of halogens is 1. The molecule has 0 saturated carbocycles. The molecular weight excluding hydrogens is 552 g/mol. The summed E-state index contributed by atoms with van der Waals surface area (Å²) in [4.78, 5) is 13.1. The summed E-state index contributed by atoms with van der Waals surface area (Å²) in [6, 6.07) is 24.5. The number of hydrogen-bond acceptors (Lipinski definition) is 6. The second-order valence-electron chi connectivity index (χ2n) is 10.3. The molecule has 5 aromatic rings. The van der Waals surface area contributed by atoms with Gasteiger partial charge >= 0.3 is 0 Å². The second-order valence-corrected chi connectivity index (χ2v) is 10.7. The minimum absolute atomic E-state index is 0.183. The second kappa shape index (κ2) is 13.4. The van der Waals surface area contributed by atoms with Gasteiger partial charge in [0.1, 0.15) is 11.5 Å². The highest BCUT2D eigenvalue weighted by molar-refractivity contribution is 6.32. The van der Waals surface area contributed by atoms with Crippen LogP contribution >= 0.6 is 11.6 Å². The molecule has 0 aliphatic carbocycles. The zero-order valence-corrected chi connectivity index (χ0v) is 24.6. The van der Waals surface area contributed by atoms with Crippen LogP contribution in [0.15, 0.2) is 89.6 Å². The molecule has 0 unspecified atom stereocenters. The van der Waals surface area contributed by atoms with Crippen LogP contribution in [0.25, 0.3) is 28.3 Å². The molecule has 2 aromatic heterocycles. The number of ether oxygens (including phenoxy) is 2. The summed E-state index contributed by atoms with van der Waals surface area (Å²) >= 11 is 6.53. The molecule has 8 nitrogen and oxygen atoms in total. The van der Waals surface area contributed by atoms with Crippen LogP contribution in [0.4, 0.5) is 0 Å². The number of para-hydroxylation sites is 1. The van der Waals surface area contributed by atoms with Crippen LogP contribution in [0.3, 0.4) is 0 Å². The third-order valence-electron chi connectivity index (χ3n) is 6.38. The molecule has 5 rings (SSSR count). The van der Waals surface area contributed by atoms with Gasteiger partial charge in [-0.2, -0.15) is 5.10 Å². The first-order chi connectivity index (χ1) is 20.4. The van der Waals surface area contributed by atoms with Crippen LogP contribution < -0.4 is 14.8 Å². The van der Waals surface area contributed by atoms with Crippen LogP contribution in [0.2, 0.25) is 5.02 Å². The number of carbonyl (C=O) groups is 1. The number of amides is 1. The topological polar surface area (TPSA) is 91.4 Å². The van der Waals surface area contributed by atoms with E-state index >= 15 is 0 Å². The molecule has 1 N–H and O–H groups in total. The molecule has 3 aromatic carbocycles. The average Bonchev–Trinajstić information content (AvgIpc) is 3.67. The van der Waals surface area contributed by atoms with Crippen molar-refractivity contribution in [2.75, 3.05) is 13.2 Å². The molecule has 0 fully saturated rings. The van der Waals surface area contributed by atoms with Gasteiger partial charge in [-0.3, -0.25) is 4.79 Å². The summed E-state index contributed by atoms with van der Waals surface area (Å²) in [6.07, 6.45) is 2.79. The van der Waals surface area contributed by atoms with E-state index in [0.717, 1.165) is 34.5 Å². The van der Waals surface area contributed by atoms with Gasteiger partial charge in [0.2, 0.25) is 0 Å². The maximum Gasteiger partial charge on any atom is 0.273 e. The van der Waals surface area contributed by atoms with Crippen molar-refractivity contribution < 1.29 is 18.8 Å². The molecule has 0 aliphatic heterocycles. The third kappa shape index (κ3) is 7.01. The highest BCUT2D eigenvalue weighted by Gasteiger charge is 2.18. The Morgan fingerprint density at radius 2 is 1.76 bits per heavy atom. The van der Waals surface area contributed by atoms with Gasteiger partial charge in [0, 0.05) is 35.5 Å². The summed E-state index contributed by atoms with van der Waals surface area (Å²) in [7, 11) is 0. The molecule has 0 aliphatic rings. The molecule has 1 amide bonds. The Morgan fingerprint density at radius 3 is 2.48 bits per heavy atom. The monoisotopic (exact) mass is 584 g/mol. The van der Waals surface area contributed by atoms with Crippen molar-refractivity contribution in [2.45, 2.75) is 33.7 Å². The van der Waals surface area contributed by atoms with Gasteiger partial charge in [-0.15, -0.1) is 0 Å². The fourth-order valence-electron chi connectivity index (χ4n) is 4.23. The molecule has 0 saturated heterocycles. The average molecular weight is 585 g/mol. The van der Waals surface area contributed by atoms with E-state index in [0.29, 0.717) is 41.4 Å². The standard InChI is InChI=1S/C33H33ClN4O4/c1-4-16-40-30-15-12-24(17-28(30)34)32-25(20-38(36-32)26-8-6-5-7-9-26)19-35-33(39)29-18-31(42-37-29)23-10-13-27(14-11-23)41-21-22(2)3/h5-15,17-18,20,22H,4,16,19,21H2,1-3H3,(H,35,39). The Bertz CT molecular complexity index is 1630. The van der Waals surface area contributed by atoms with Crippen LogP contribution in [-0.2, 0) is 6.54 Å². The number of hydrogen-bond donors (Lipinski definition) is 1. The van der Waals surface area contributed by atoms with Crippen LogP contribution in [0.5, 0.6) is 11.5 Å². The summed E-state index contributed by atoms with van der Waals surface area (Å²) < 4.78 is 18.7. The van der Waals surface area contributed by atoms with Crippen molar-refractivity contribution >= 4 is 17.5 Å². The van der Waals surface area contributed by atoms with Gasteiger partial charge < -0.3 is 19.3 Å². The number of carbonyl (C=O) groups excluding carboxylic acids is 1. The fourth-order valence-corrected chi connectivity index (χ4v) is 4.47. The van der Waals surface area contributed by atoms with E-state index in [-0.39, 0.29) is 18.1 Å². The third-order valence-corrected chi connectivity index (χ3v) is 6.68. The molecule has 0 atom stereocenters. The van der Waals surface area contributed by atoms with E-state index in [1.807, 2.05) is 85.9 Å². The van der Waals surface area contributed by atoms with Gasteiger partial charge in [-0.05, 0) is 66.9 Å². The maximum atomic E-state index is 13.1. The van der Waals surface area contributed by atoms with Crippen molar-refractivity contribution in [2.24, 2.45) is 5.92 Å². The van der Waals surface area contributed by atoms with Crippen molar-refractivity contribution in [1.29, 1.82) is 0 Å². The highest BCUT2D eigenvalue weighted by atomic mass is 35.5. The first kappa shape index (κ1) is 29.0. The normalized spacial score (nSPS) is 11.1. The lowest BCUT2D eigenvalue weighted by atomic mass is 10.1. The minimum atomic E-state index is -0.360. The quantitative estimate of drug-likeness (QED) is 0.162. The van der Waals surface area contributed by atoms with Gasteiger partial charge in [-0.1, -0.05) is 55.7 Å². The van der Waals surface area contributed by atoms with E-state index in [4.69, 9.17) is 30.7 Å². The number of nitrogens with zero attached hydrogens (tertiary/aromatic N) is 3. The zero-order valence-electron chi connectivity index (χ0n) is 23.8. The summed E-state index contributed by atoms with van der Waals surface area (Å²) in [5.74, 6) is 1.97. The Labute approximate surface area is 250 Å². The highest BCUT2D eigenvalue weighted by Crippen LogP contribution is 2.32. The maximum absolute atomic E-state index is 13.1. The molecule has 2 heterocycles. The molecule has 0 radical (unpaired) electrons. The van der Waals surface area contributed by atoms with Crippen molar-refractivity contribution in [1.82, 2.24) is 20.3 Å². The Kier molecular flexibility index (Phi) is 9.24. The van der Waals surface area contributed by atoms with Crippen LogP contribution in [0.1, 0.15) is 43.2 Å². The summed E-state index contributed by atoms with van der Waals surface area (Å²) in [5.41, 5.74) is 4.20. The lowest BCUT2D eigenvalue weighted by molar-refractivity contribution is 0.0942. The SMILES string of the molecule is CCCOc1ccc(-c2nn(-c3ccccc3)cc2CNC(=O)c2cc(-c3ccc(OCC(C)C)cc3)on2)cc1Cl. The van der Waals surface area contributed by atoms with E-state index < -0.39 is 0 Å². The Hall–Kier alpha value is -4.56. The van der Waals surface area contributed by atoms with Crippen molar-refractivity contribution in [3.8, 4) is 39.8 Å². The number of nitrogens with one attached hydrogen (secondary N) is 1. The lowest BCUT2D eigenvalue weighted by Gasteiger charge is -2.09. The van der Waals surface area contributed by atoms with Crippen molar-refractivity contribution in [3.63, 3.8) is 0 Å². The smallest absolute Gasteiger partial charge is 0.273 e.